The molecule has 2 rings (SSSR count). The molecule has 2 aromatic carbocycles. The molecule has 0 radical (unpaired) electrons. The van der Waals surface area contributed by atoms with E-state index in [9.17, 15) is 48.6 Å². The van der Waals surface area contributed by atoms with Crippen molar-refractivity contribution in [3.63, 3.8) is 0 Å². The number of nitroso groups, excluding NO2 is 1. The molecular formula is C44H65BrN7NaO15. The van der Waals surface area contributed by atoms with Crippen LogP contribution in [0.25, 0.3) is 5.53 Å². The standard InChI is InChI=1S/C22H30BrNO6.C21H29NO7.CH4O.H2N5O.Na/c1-13(2)10-17(22(28)29-5)12-20(27)21(30-15(4)26)19(24-14(3)25)11-16-6-8-18(23)9-7-16;1-12(2)9-16(21(27)28)11-19(26)20(29-14(4)24)18(22-13(3)23)10-15-5-7-17(25)8-6-15;1-2;1-2-3-4-5-6;/h6-9,13,17,19,21H,10-12H2,1-5H3,(H,24,25);5-8,12,16,18,20,25H,9-11H2,1-4H3,(H,22,23)(H,27,28);2H,1H3;(H2-,1,2,3,4,5,6);/q;;;-1;+1/t17-,19-,21+;16-,18-,20+;;;/m11.../s1. The van der Waals surface area contributed by atoms with Gasteiger partial charge in [-0.25, -0.2) is 5.53 Å². The summed E-state index contributed by atoms with van der Waals surface area (Å²) in [7, 11) is 2.28. The van der Waals surface area contributed by atoms with Crippen LogP contribution < -0.4 is 51.3 Å². The minimum absolute atomic E-state index is 0. The molecule has 0 fully saturated rings. The molecule has 0 aliphatic heterocycles. The van der Waals surface area contributed by atoms with Crippen molar-refractivity contribution in [2.24, 2.45) is 34.2 Å². The van der Waals surface area contributed by atoms with Crippen LogP contribution in [-0.4, -0.2) is 101 Å². The maximum Gasteiger partial charge on any atom is 1.00 e. The van der Waals surface area contributed by atoms with Gasteiger partial charge in [0.15, 0.2) is 23.8 Å². The molecule has 0 heterocycles. The number of aliphatic hydroxyl groups excluding tert-OH is 1. The number of nitrogens with zero attached hydrogens (tertiary/aromatic N) is 3. The fourth-order valence-corrected chi connectivity index (χ4v) is 6.72. The van der Waals surface area contributed by atoms with Crippen molar-refractivity contribution in [2.45, 2.75) is 118 Å². The van der Waals surface area contributed by atoms with E-state index in [1.54, 1.807) is 23.2 Å². The quantitative estimate of drug-likeness (QED) is 0.0141. The number of hydrogen-bond acceptors (Lipinski definition) is 16. The van der Waals surface area contributed by atoms with Crippen LogP contribution in [0.1, 0.15) is 92.2 Å². The Morgan fingerprint density at radius 3 is 1.37 bits per heavy atom. The van der Waals surface area contributed by atoms with E-state index < -0.39 is 77.5 Å². The summed E-state index contributed by atoms with van der Waals surface area (Å²) in [5, 5.41) is 35.5. The third kappa shape index (κ3) is 30.8. The van der Waals surface area contributed by atoms with Gasteiger partial charge in [-0.1, -0.05) is 67.9 Å². The second kappa shape index (κ2) is 37.6. The number of Topliss-reactive ketones (excluding diaryl/α,β-unsaturated/α-hetero) is 2. The Morgan fingerprint density at radius 2 is 1.06 bits per heavy atom. The Hall–Kier alpha value is -5.36. The molecule has 0 aliphatic rings. The molecule has 0 saturated heterocycles. The number of rotatable bonds is 25. The molecule has 0 saturated carbocycles. The summed E-state index contributed by atoms with van der Waals surface area (Å²) < 4.78 is 16.3. The number of halogens is 1. The summed E-state index contributed by atoms with van der Waals surface area (Å²) in [4.78, 5) is 105. The Morgan fingerprint density at radius 1 is 0.676 bits per heavy atom. The molecule has 7 N–H and O–H groups in total. The smallest absolute Gasteiger partial charge is 0.508 e. The average Bonchev–Trinajstić information content (AvgIpc) is 3.24. The molecule has 2 amide bonds. The number of carbonyl (C=O) groups is 8. The zero-order valence-corrected chi connectivity index (χ0v) is 44.0. The van der Waals surface area contributed by atoms with Gasteiger partial charge >= 0.3 is 53.4 Å². The van der Waals surface area contributed by atoms with Crippen LogP contribution in [0, 0.1) is 28.6 Å². The molecule has 2 aromatic rings. The van der Waals surface area contributed by atoms with Crippen molar-refractivity contribution in [1.29, 1.82) is 0 Å². The van der Waals surface area contributed by atoms with Crippen LogP contribution in [0.3, 0.4) is 0 Å². The molecule has 374 valence electrons. The van der Waals surface area contributed by atoms with Gasteiger partial charge < -0.3 is 51.2 Å². The molecule has 0 aromatic heterocycles. The van der Waals surface area contributed by atoms with Crippen molar-refractivity contribution in [3.05, 3.63) is 74.6 Å². The van der Waals surface area contributed by atoms with Crippen molar-refractivity contribution in [1.82, 2.24) is 21.7 Å². The summed E-state index contributed by atoms with van der Waals surface area (Å²) in [6.07, 6.45) is -1.78. The summed E-state index contributed by atoms with van der Waals surface area (Å²) >= 11 is 3.37. The first-order chi connectivity index (χ1) is 31.4. The molecule has 0 unspecified atom stereocenters. The molecule has 6 atom stereocenters. The van der Waals surface area contributed by atoms with Crippen LogP contribution in [0.4, 0.5) is 0 Å². The molecular weight excluding hydrogens is 969 g/mol. The van der Waals surface area contributed by atoms with Gasteiger partial charge in [-0.3, -0.25) is 43.6 Å². The monoisotopic (exact) mass is 1030 g/mol. The number of methoxy groups -OCH3 is 1. The number of ether oxygens (including phenoxy) is 3. The minimum Gasteiger partial charge on any atom is -0.508 e. The third-order valence-corrected chi connectivity index (χ3v) is 9.45. The predicted molar refractivity (Wildman–Crippen MR) is 247 cm³/mol. The average molecular weight is 1030 g/mol. The van der Waals surface area contributed by atoms with Crippen LogP contribution >= 0.6 is 15.9 Å². The number of phenolic OH excluding ortho intramolecular Hbond substituents is 1. The van der Waals surface area contributed by atoms with E-state index in [1.807, 2.05) is 52.0 Å². The first-order valence-electron chi connectivity index (χ1n) is 20.8. The number of aromatic hydroxyl groups is 1. The Balaban J connectivity index is -0.00000106. The fourth-order valence-electron chi connectivity index (χ4n) is 6.45. The van der Waals surface area contributed by atoms with Gasteiger partial charge in [0, 0.05) is 52.1 Å². The number of aliphatic hydroxyl groups is 1. The van der Waals surface area contributed by atoms with Gasteiger partial charge in [0.05, 0.1) is 36.3 Å². The predicted octanol–water partition coefficient (Wildman–Crippen LogP) is 1.61. The second-order valence-electron chi connectivity index (χ2n) is 15.6. The molecule has 68 heavy (non-hydrogen) atoms. The number of phenols is 1. The van der Waals surface area contributed by atoms with Crippen LogP contribution in [0.2, 0.25) is 0 Å². The van der Waals surface area contributed by atoms with E-state index >= 15 is 0 Å². The molecule has 0 bridgehead atoms. The van der Waals surface area contributed by atoms with E-state index in [-0.39, 0.29) is 78.7 Å². The van der Waals surface area contributed by atoms with Crippen molar-refractivity contribution < 1.29 is 97.4 Å². The largest absolute Gasteiger partial charge is 1.00 e. The zero-order valence-electron chi connectivity index (χ0n) is 40.4. The van der Waals surface area contributed by atoms with Crippen molar-refractivity contribution in [2.75, 3.05) is 14.2 Å². The number of aliphatic carboxylic acids is 1. The van der Waals surface area contributed by atoms with E-state index in [1.165, 1.54) is 40.0 Å². The molecule has 0 spiro atoms. The number of hydrazine groups is 1. The first-order valence-corrected chi connectivity index (χ1v) is 21.6. The number of esters is 3. The number of nitrogens with one attached hydrogen (secondary N) is 4. The van der Waals surface area contributed by atoms with E-state index in [4.69, 9.17) is 29.8 Å². The first kappa shape index (κ1) is 66.9. The molecule has 0 aliphatic carbocycles. The number of hydrogen-bond donors (Lipinski definition) is 7. The third-order valence-electron chi connectivity index (χ3n) is 8.93. The minimum atomic E-state index is -1.32. The topological polar surface area (TPSA) is 337 Å². The summed E-state index contributed by atoms with van der Waals surface area (Å²) in [5.74, 6) is -5.95. The molecule has 22 nitrogen and oxygen atoms in total. The number of carboxylic acids is 1. The van der Waals surface area contributed by atoms with Gasteiger partial charge in [0.25, 0.3) is 0 Å². The summed E-state index contributed by atoms with van der Waals surface area (Å²) in [6, 6.07) is 11.9. The van der Waals surface area contributed by atoms with Crippen LogP contribution in [0.15, 0.2) is 63.5 Å². The van der Waals surface area contributed by atoms with E-state index in [0.717, 1.165) is 24.1 Å². The van der Waals surface area contributed by atoms with Crippen LogP contribution in [0.5, 0.6) is 5.75 Å². The van der Waals surface area contributed by atoms with Gasteiger partial charge in [-0.05, 0) is 72.9 Å². The second-order valence-corrected chi connectivity index (χ2v) is 16.6. The van der Waals surface area contributed by atoms with Crippen LogP contribution in [-0.2, 0) is 65.4 Å². The summed E-state index contributed by atoms with van der Waals surface area (Å²) in [6.45, 7) is 12.6. The van der Waals surface area contributed by atoms with E-state index in [2.05, 4.69) is 37.1 Å². The molecule has 24 heteroatoms. The maximum atomic E-state index is 13.1. The normalized spacial score (nSPS) is 12.7. The van der Waals surface area contributed by atoms with Crippen molar-refractivity contribution >= 4 is 63.2 Å². The van der Waals surface area contributed by atoms with Gasteiger partial charge in [-0.15, -0.1) is 4.91 Å². The zero-order chi connectivity index (χ0) is 51.8. The summed E-state index contributed by atoms with van der Waals surface area (Å²) in [5.41, 5.74) is 12.3. The number of amides is 2. The van der Waals surface area contributed by atoms with Crippen molar-refractivity contribution in [3.8, 4) is 5.75 Å². The number of carbonyl (C=O) groups excluding carboxylic acids is 7. The van der Waals surface area contributed by atoms with E-state index in [0.29, 0.717) is 18.4 Å². The number of carboxylic acid groups (broad SMARTS) is 1. The number of benzene rings is 2. The van der Waals surface area contributed by atoms with Gasteiger partial charge in [0.1, 0.15) is 5.75 Å². The number of ketones is 2. The Kier molecular flexibility index (Phi) is 37.0. The van der Waals surface area contributed by atoms with Gasteiger partial charge in [0.2, 0.25) is 11.8 Å². The maximum absolute atomic E-state index is 13.1. The SMILES string of the molecule is CC(=O)N[C@H](Cc1ccc(O)cc1)[C@H](OC(C)=O)C(=O)C[C@@H](CC(C)C)C(=O)O.CO.COC(=O)[C@@H](CC(=O)[C@@H](OC(C)=O)[C@@H](Cc1ccc(Br)cc1)NC(C)=O)CC(C)C.[N-]=NNNN=O.[Na+]. The fraction of sp³-hybridized carbons (Fsp3) is 0.545. The van der Waals surface area contributed by atoms with Gasteiger partial charge in [-0.2, -0.15) is 0 Å². The Labute approximate surface area is 427 Å². The Bertz CT molecular complexity index is 1880.